The third kappa shape index (κ3) is 3.80. The quantitative estimate of drug-likeness (QED) is 0.363. The van der Waals surface area contributed by atoms with Gasteiger partial charge in [0.05, 0.1) is 42.5 Å². The second kappa shape index (κ2) is 8.97. The van der Waals surface area contributed by atoms with Crippen molar-refractivity contribution in [3.05, 3.63) is 90.8 Å². The molecule has 0 bridgehead atoms. The molecule has 1 amide bonds. The van der Waals surface area contributed by atoms with Crippen molar-refractivity contribution in [2.24, 2.45) is 0 Å². The van der Waals surface area contributed by atoms with E-state index in [0.717, 1.165) is 22.5 Å². The van der Waals surface area contributed by atoms with Gasteiger partial charge in [0.25, 0.3) is 5.91 Å². The minimum absolute atomic E-state index is 0.0877. The Morgan fingerprint density at radius 2 is 1.62 bits per heavy atom. The Morgan fingerprint density at radius 1 is 0.973 bits per heavy atom. The third-order valence-corrected chi connectivity index (χ3v) is 7.63. The Balaban J connectivity index is 1.76. The Morgan fingerprint density at radius 3 is 2.27 bits per heavy atom. The molecule has 3 heterocycles. The number of anilines is 1. The van der Waals surface area contributed by atoms with Crippen LogP contribution in [0.15, 0.2) is 45.6 Å². The van der Waals surface area contributed by atoms with Crippen molar-refractivity contribution in [3.63, 3.8) is 0 Å². The number of hydrogen-bond acceptors (Lipinski definition) is 9. The van der Waals surface area contributed by atoms with Gasteiger partial charge < -0.3 is 13.9 Å². The van der Waals surface area contributed by atoms with Crippen molar-refractivity contribution in [1.82, 2.24) is 4.98 Å². The van der Waals surface area contributed by atoms with Crippen molar-refractivity contribution in [2.45, 2.75) is 26.8 Å². The van der Waals surface area contributed by atoms with Crippen molar-refractivity contribution in [1.29, 1.82) is 0 Å². The van der Waals surface area contributed by atoms with Crippen LogP contribution < -0.4 is 10.3 Å². The fourth-order valence-corrected chi connectivity index (χ4v) is 5.44. The van der Waals surface area contributed by atoms with E-state index in [0.29, 0.717) is 27.8 Å². The molecule has 1 atom stereocenters. The van der Waals surface area contributed by atoms with Crippen molar-refractivity contribution in [2.75, 3.05) is 19.1 Å². The number of carbonyl (C=O) groups is 3. The molecule has 0 spiro atoms. The number of aryl methyl sites for hydroxylation is 3. The number of esters is 2. The van der Waals surface area contributed by atoms with Crippen LogP contribution in [0.2, 0.25) is 0 Å². The second-order valence-corrected chi connectivity index (χ2v) is 9.68. The van der Waals surface area contributed by atoms with Crippen molar-refractivity contribution >= 4 is 45.3 Å². The molecule has 1 unspecified atom stereocenters. The molecule has 10 heteroatoms. The Labute approximate surface area is 215 Å². The van der Waals surface area contributed by atoms with E-state index in [1.165, 1.54) is 19.1 Å². The zero-order chi connectivity index (χ0) is 26.6. The number of rotatable bonds is 4. The van der Waals surface area contributed by atoms with Gasteiger partial charge in [-0.25, -0.2) is 14.6 Å². The smallest absolute Gasteiger partial charge is 0.350 e. The summed E-state index contributed by atoms with van der Waals surface area (Å²) in [4.78, 5) is 57.9. The highest BCUT2D eigenvalue weighted by Crippen LogP contribution is 2.43. The summed E-state index contributed by atoms with van der Waals surface area (Å²) in [7, 11) is 2.55. The van der Waals surface area contributed by atoms with Crippen molar-refractivity contribution < 1.29 is 28.3 Å². The van der Waals surface area contributed by atoms with Gasteiger partial charge in [0, 0.05) is 0 Å². The molecule has 0 N–H and O–H groups in total. The molecule has 37 heavy (non-hydrogen) atoms. The van der Waals surface area contributed by atoms with Gasteiger partial charge in [0.15, 0.2) is 10.6 Å². The number of hydrogen-bond donors (Lipinski definition) is 0. The first-order valence-corrected chi connectivity index (χ1v) is 12.1. The number of methoxy groups -OCH3 is 2. The summed E-state index contributed by atoms with van der Waals surface area (Å²) in [5.74, 6) is -1.73. The van der Waals surface area contributed by atoms with E-state index in [2.05, 4.69) is 4.98 Å². The summed E-state index contributed by atoms with van der Waals surface area (Å²) < 4.78 is 15.7. The number of fused-ring (bicyclic) bond motifs is 2. The Hall–Kier alpha value is -4.31. The largest absolute Gasteiger partial charge is 0.465 e. The van der Waals surface area contributed by atoms with Gasteiger partial charge >= 0.3 is 11.9 Å². The standard InChI is InChI=1S/C27H22N2O7S/c1-12-10-17-18(11-13(12)2)36-22-19(21(17)30)20(15-6-8-16(9-7-15)25(32)34-4)29(24(22)31)27-28-14(3)23(37-27)26(33)35-5/h6-11,20H,1-5H3. The van der Waals surface area contributed by atoms with E-state index >= 15 is 0 Å². The zero-order valence-corrected chi connectivity index (χ0v) is 21.5. The number of nitrogens with zero attached hydrogens (tertiary/aromatic N) is 2. The number of thiazole rings is 1. The molecule has 0 saturated carbocycles. The predicted octanol–water partition coefficient (Wildman–Crippen LogP) is 4.50. The summed E-state index contributed by atoms with van der Waals surface area (Å²) in [5, 5.41) is 0.574. The molecule has 9 nitrogen and oxygen atoms in total. The summed E-state index contributed by atoms with van der Waals surface area (Å²) >= 11 is 0.991. The van der Waals surface area contributed by atoms with Crippen LogP contribution in [-0.4, -0.2) is 37.0 Å². The first kappa shape index (κ1) is 24.4. The van der Waals surface area contributed by atoms with E-state index in [1.54, 1.807) is 43.3 Å². The minimum Gasteiger partial charge on any atom is -0.465 e. The average Bonchev–Trinajstić information content (AvgIpc) is 3.41. The average molecular weight is 519 g/mol. The monoisotopic (exact) mass is 518 g/mol. The van der Waals surface area contributed by atoms with Crippen LogP contribution in [0.25, 0.3) is 11.0 Å². The summed E-state index contributed by atoms with van der Waals surface area (Å²) in [6.07, 6.45) is 0. The number of amides is 1. The summed E-state index contributed by atoms with van der Waals surface area (Å²) in [6, 6.07) is 9.02. The second-order valence-electron chi connectivity index (χ2n) is 8.70. The van der Waals surface area contributed by atoms with Crippen LogP contribution in [0.4, 0.5) is 5.13 Å². The number of aromatic nitrogens is 1. The fraction of sp³-hybridized carbons (Fsp3) is 0.222. The lowest BCUT2D eigenvalue weighted by Gasteiger charge is -2.22. The van der Waals surface area contributed by atoms with Crippen LogP contribution in [0.1, 0.15) is 64.6 Å². The third-order valence-electron chi connectivity index (χ3n) is 6.50. The number of benzene rings is 2. The zero-order valence-electron chi connectivity index (χ0n) is 20.7. The van der Waals surface area contributed by atoms with Crippen molar-refractivity contribution in [3.8, 4) is 0 Å². The maximum absolute atomic E-state index is 13.8. The topological polar surface area (TPSA) is 116 Å². The van der Waals surface area contributed by atoms with E-state index in [4.69, 9.17) is 13.9 Å². The fourth-order valence-electron chi connectivity index (χ4n) is 4.43. The number of ether oxygens (including phenoxy) is 2. The van der Waals surface area contributed by atoms with Crippen LogP contribution >= 0.6 is 11.3 Å². The molecule has 4 aromatic rings. The molecule has 2 aromatic heterocycles. The molecule has 0 radical (unpaired) electrons. The van der Waals surface area contributed by atoms with Gasteiger partial charge in [-0.3, -0.25) is 14.5 Å². The predicted molar refractivity (Wildman–Crippen MR) is 137 cm³/mol. The first-order valence-electron chi connectivity index (χ1n) is 11.3. The molecule has 0 aliphatic carbocycles. The van der Waals surface area contributed by atoms with E-state index < -0.39 is 23.9 Å². The van der Waals surface area contributed by atoms with Crippen LogP contribution in [0.5, 0.6) is 0 Å². The normalized spacial score (nSPS) is 14.7. The molecule has 2 aromatic carbocycles. The lowest BCUT2D eigenvalue weighted by atomic mass is 9.97. The lowest BCUT2D eigenvalue weighted by Crippen LogP contribution is -2.29. The molecular weight excluding hydrogens is 496 g/mol. The van der Waals surface area contributed by atoms with E-state index in [1.807, 2.05) is 13.8 Å². The molecule has 1 aliphatic rings. The highest BCUT2D eigenvalue weighted by molar-refractivity contribution is 7.17. The maximum Gasteiger partial charge on any atom is 0.350 e. The Bertz CT molecular complexity index is 1670. The van der Waals surface area contributed by atoms with Gasteiger partial charge in [-0.15, -0.1) is 0 Å². The highest BCUT2D eigenvalue weighted by atomic mass is 32.1. The maximum atomic E-state index is 13.8. The summed E-state index contributed by atoms with van der Waals surface area (Å²) in [6.45, 7) is 5.44. The van der Waals surface area contributed by atoms with Gasteiger partial charge in [0.1, 0.15) is 10.5 Å². The van der Waals surface area contributed by atoms with Gasteiger partial charge in [-0.05, 0) is 61.7 Å². The van der Waals surface area contributed by atoms with Gasteiger partial charge in [0.2, 0.25) is 5.76 Å². The molecule has 5 rings (SSSR count). The SMILES string of the molecule is COC(=O)c1ccc(C2c3c(oc4cc(C)c(C)cc4c3=O)C(=O)N2c2nc(C)c(C(=O)OC)s2)cc1. The summed E-state index contributed by atoms with van der Waals surface area (Å²) in [5.41, 5.74) is 3.25. The number of carbonyl (C=O) groups excluding carboxylic acids is 3. The van der Waals surface area contributed by atoms with Crippen LogP contribution in [0.3, 0.4) is 0 Å². The Kier molecular flexibility index (Phi) is 5.91. The molecule has 0 fully saturated rings. The molecular formula is C27H22N2O7S. The van der Waals surface area contributed by atoms with Crippen LogP contribution in [-0.2, 0) is 9.47 Å². The first-order chi connectivity index (χ1) is 17.7. The van der Waals surface area contributed by atoms with Crippen LogP contribution in [0, 0.1) is 20.8 Å². The van der Waals surface area contributed by atoms with Gasteiger partial charge in [-0.2, -0.15) is 0 Å². The lowest BCUT2D eigenvalue weighted by molar-refractivity contribution is 0.0593. The molecule has 0 saturated heterocycles. The van der Waals surface area contributed by atoms with E-state index in [9.17, 15) is 19.2 Å². The van der Waals surface area contributed by atoms with Gasteiger partial charge in [-0.1, -0.05) is 23.5 Å². The highest BCUT2D eigenvalue weighted by Gasteiger charge is 2.45. The molecule has 188 valence electrons. The van der Waals surface area contributed by atoms with E-state index in [-0.39, 0.29) is 26.8 Å². The molecule has 1 aliphatic heterocycles. The minimum atomic E-state index is -0.896.